The molecule has 0 saturated heterocycles. The lowest BCUT2D eigenvalue weighted by Crippen LogP contribution is -2.29. The molecule has 4 aromatic rings. The van der Waals surface area contributed by atoms with Crippen molar-refractivity contribution in [1.82, 2.24) is 20.3 Å². The average molecular weight is 581 g/mol. The van der Waals surface area contributed by atoms with Crippen LogP contribution in [0, 0.1) is 18.8 Å². The van der Waals surface area contributed by atoms with Crippen LogP contribution in [-0.4, -0.2) is 41.1 Å². The molecule has 0 bridgehead atoms. The molecule has 1 N–H and O–H groups in total. The molecular weight excluding hydrogens is 554 g/mol. The number of aromatic nitrogens is 3. The van der Waals surface area contributed by atoms with Crippen LogP contribution in [0.2, 0.25) is 10.0 Å². The molecule has 2 unspecified atom stereocenters. The molecule has 2 atom stereocenters. The van der Waals surface area contributed by atoms with Crippen LogP contribution < -0.4 is 14.8 Å². The number of rotatable bonds is 7. The van der Waals surface area contributed by atoms with E-state index in [0.717, 1.165) is 29.5 Å². The van der Waals surface area contributed by atoms with Gasteiger partial charge in [-0.3, -0.25) is 4.79 Å². The Morgan fingerprint density at radius 1 is 1.23 bits per heavy atom. The van der Waals surface area contributed by atoms with Gasteiger partial charge in [0.2, 0.25) is 5.95 Å². The minimum absolute atomic E-state index is 0.0348. The third kappa shape index (κ3) is 4.84. The molecule has 206 valence electrons. The molecule has 3 aromatic heterocycles. The van der Waals surface area contributed by atoms with Gasteiger partial charge in [0.1, 0.15) is 27.7 Å². The van der Waals surface area contributed by atoms with Gasteiger partial charge in [-0.1, -0.05) is 30.1 Å². The van der Waals surface area contributed by atoms with E-state index in [1.54, 1.807) is 31.4 Å². The molecule has 1 fully saturated rings. The predicted molar refractivity (Wildman–Crippen MR) is 152 cm³/mol. The number of nitrogens with zero attached hydrogens (tertiary/aromatic N) is 3. The molecule has 2 aliphatic rings. The predicted octanol–water partition coefficient (Wildman–Crippen LogP) is 6.87. The van der Waals surface area contributed by atoms with E-state index in [1.165, 1.54) is 6.20 Å². The Morgan fingerprint density at radius 2 is 2.02 bits per heavy atom. The van der Waals surface area contributed by atoms with Gasteiger partial charge >= 0.3 is 0 Å². The fourth-order valence-corrected chi connectivity index (χ4v) is 5.65. The van der Waals surface area contributed by atoms with Gasteiger partial charge in [-0.2, -0.15) is 4.39 Å². The van der Waals surface area contributed by atoms with Gasteiger partial charge in [-0.05, 0) is 56.0 Å². The maximum Gasteiger partial charge on any atom is 0.251 e. The Hall–Kier alpha value is -3.49. The van der Waals surface area contributed by atoms with Crippen LogP contribution in [0.4, 0.5) is 4.39 Å². The molecule has 1 aliphatic heterocycles. The molecule has 10 heteroatoms. The Bertz CT molecular complexity index is 1660. The number of aryl methyl sites for hydroxylation is 1. The van der Waals surface area contributed by atoms with E-state index >= 15 is 0 Å². The number of amides is 1. The minimum atomic E-state index is -0.755. The van der Waals surface area contributed by atoms with Gasteiger partial charge in [0.05, 0.1) is 24.4 Å². The zero-order valence-corrected chi connectivity index (χ0v) is 23.7. The van der Waals surface area contributed by atoms with Crippen LogP contribution in [0.15, 0.2) is 36.5 Å². The molecule has 0 radical (unpaired) electrons. The summed E-state index contributed by atoms with van der Waals surface area (Å²) in [6.45, 7) is 4.80. The highest BCUT2D eigenvalue weighted by molar-refractivity contribution is 6.33. The lowest BCUT2D eigenvalue weighted by atomic mass is 9.93. The van der Waals surface area contributed by atoms with Gasteiger partial charge in [-0.25, -0.2) is 15.0 Å². The number of carbonyl (C=O) groups excluding carboxylic acids is 1. The van der Waals surface area contributed by atoms with Gasteiger partial charge in [0.15, 0.2) is 0 Å². The summed E-state index contributed by atoms with van der Waals surface area (Å²) in [7, 11) is 1.55. The summed E-state index contributed by atoms with van der Waals surface area (Å²) in [4.78, 5) is 26.5. The van der Waals surface area contributed by atoms with E-state index in [4.69, 9.17) is 37.7 Å². The molecule has 1 amide bonds. The van der Waals surface area contributed by atoms with Crippen molar-refractivity contribution in [2.75, 3.05) is 20.3 Å². The normalized spacial score (nSPS) is 16.9. The molecule has 6 rings (SSSR count). The summed E-state index contributed by atoms with van der Waals surface area (Å²) in [5.41, 5.74) is 4.55. The maximum absolute atomic E-state index is 14.3. The summed E-state index contributed by atoms with van der Waals surface area (Å²) < 4.78 is 25.8. The summed E-state index contributed by atoms with van der Waals surface area (Å²) in [6, 6.07) is 8.95. The number of pyridine rings is 3. The SMILES string of the molecule is COc1cc(C(=O)NCC(c2cc3c(c(-c4ccnc(F)c4Cl)n2)OCC3C)C2CC2)cc2cc(Cl)c(C)nc12. The van der Waals surface area contributed by atoms with Crippen LogP contribution in [0.3, 0.4) is 0 Å². The number of halogens is 3. The van der Waals surface area contributed by atoms with Gasteiger partial charge in [0.25, 0.3) is 5.91 Å². The smallest absolute Gasteiger partial charge is 0.251 e. The highest BCUT2D eigenvalue weighted by Crippen LogP contribution is 2.47. The number of ether oxygens (including phenoxy) is 2. The van der Waals surface area contributed by atoms with E-state index in [9.17, 15) is 9.18 Å². The standard InChI is InChI=1S/C30H27Cl2FN4O3/c1-14-13-40-28-20(14)11-23(37-27(28)19-6-7-34-29(33)25(19)32)21(16-4-5-16)12-35-30(38)18-8-17-9-22(31)15(2)36-26(17)24(10-18)39-3/h6-11,14,16,21H,4-5,12-13H2,1-3H3,(H,35,38). The van der Waals surface area contributed by atoms with Crippen LogP contribution in [0.1, 0.15) is 58.9 Å². The van der Waals surface area contributed by atoms with Crippen LogP contribution in [0.25, 0.3) is 22.2 Å². The van der Waals surface area contributed by atoms with Crippen molar-refractivity contribution in [3.63, 3.8) is 0 Å². The van der Waals surface area contributed by atoms with E-state index in [0.29, 0.717) is 63.6 Å². The van der Waals surface area contributed by atoms with Crippen molar-refractivity contribution in [2.45, 2.75) is 38.5 Å². The molecule has 0 spiro atoms. The van der Waals surface area contributed by atoms with E-state index in [2.05, 4.69) is 28.3 Å². The van der Waals surface area contributed by atoms with Gasteiger partial charge < -0.3 is 14.8 Å². The Labute approximate surface area is 241 Å². The van der Waals surface area contributed by atoms with E-state index in [-0.39, 0.29) is 22.8 Å². The van der Waals surface area contributed by atoms with Crippen LogP contribution >= 0.6 is 23.2 Å². The average Bonchev–Trinajstić information content (AvgIpc) is 3.72. The Balaban J connectivity index is 1.33. The van der Waals surface area contributed by atoms with Crippen molar-refractivity contribution in [3.8, 4) is 22.8 Å². The second-order valence-corrected chi connectivity index (χ2v) is 11.2. The fraction of sp³-hybridized carbons (Fsp3) is 0.333. The van der Waals surface area contributed by atoms with Gasteiger partial charge in [0, 0.05) is 52.3 Å². The first-order valence-corrected chi connectivity index (χ1v) is 13.9. The molecule has 1 aliphatic carbocycles. The number of benzene rings is 1. The number of fused-ring (bicyclic) bond motifs is 2. The van der Waals surface area contributed by atoms with Gasteiger partial charge in [-0.15, -0.1) is 0 Å². The second-order valence-electron chi connectivity index (χ2n) is 10.4. The third-order valence-corrected chi connectivity index (χ3v) is 8.42. The van der Waals surface area contributed by atoms with Crippen molar-refractivity contribution in [2.24, 2.45) is 5.92 Å². The van der Waals surface area contributed by atoms with Crippen molar-refractivity contribution in [3.05, 3.63) is 75.0 Å². The van der Waals surface area contributed by atoms with Crippen LogP contribution in [0.5, 0.6) is 11.5 Å². The Morgan fingerprint density at radius 3 is 2.77 bits per heavy atom. The first-order chi connectivity index (χ1) is 19.2. The molecule has 4 heterocycles. The van der Waals surface area contributed by atoms with Crippen LogP contribution in [-0.2, 0) is 0 Å². The third-order valence-electron chi connectivity index (χ3n) is 7.68. The first kappa shape index (κ1) is 26.7. The first-order valence-electron chi connectivity index (χ1n) is 13.2. The molecule has 1 saturated carbocycles. The zero-order chi connectivity index (χ0) is 28.1. The number of carbonyl (C=O) groups is 1. The lowest BCUT2D eigenvalue weighted by Gasteiger charge is -2.20. The highest BCUT2D eigenvalue weighted by Gasteiger charge is 2.36. The largest absolute Gasteiger partial charge is 0.494 e. The zero-order valence-electron chi connectivity index (χ0n) is 22.2. The molecule has 1 aromatic carbocycles. The van der Waals surface area contributed by atoms with Crippen molar-refractivity contribution < 1.29 is 18.7 Å². The van der Waals surface area contributed by atoms with Crippen molar-refractivity contribution >= 4 is 40.0 Å². The second kappa shape index (κ2) is 10.5. The molecule has 7 nitrogen and oxygen atoms in total. The minimum Gasteiger partial charge on any atom is -0.494 e. The number of nitrogens with one attached hydrogen (secondary N) is 1. The van der Waals surface area contributed by atoms with E-state index in [1.807, 2.05) is 6.92 Å². The maximum atomic E-state index is 14.3. The summed E-state index contributed by atoms with van der Waals surface area (Å²) in [5, 5.41) is 4.25. The summed E-state index contributed by atoms with van der Waals surface area (Å²) in [6.07, 6.45) is 3.45. The topological polar surface area (TPSA) is 86.2 Å². The quantitative estimate of drug-likeness (QED) is 0.240. The monoisotopic (exact) mass is 580 g/mol. The highest BCUT2D eigenvalue weighted by atomic mass is 35.5. The molecule has 40 heavy (non-hydrogen) atoms. The number of methoxy groups -OCH3 is 1. The van der Waals surface area contributed by atoms with E-state index < -0.39 is 5.95 Å². The fourth-order valence-electron chi connectivity index (χ4n) is 5.29. The number of hydrogen-bond acceptors (Lipinski definition) is 6. The number of hydrogen-bond donors (Lipinski definition) is 1. The summed E-state index contributed by atoms with van der Waals surface area (Å²) in [5.74, 6) is 0.610. The summed E-state index contributed by atoms with van der Waals surface area (Å²) >= 11 is 12.6. The Kier molecular flexibility index (Phi) is 7.00. The lowest BCUT2D eigenvalue weighted by molar-refractivity contribution is 0.0950. The van der Waals surface area contributed by atoms with Crippen molar-refractivity contribution in [1.29, 1.82) is 0 Å². The molecular formula is C30H27Cl2FN4O3.